The largest absolute Gasteiger partial charge is 0.493 e. The molecule has 9 heteroatoms. The molecule has 1 atom stereocenters. The van der Waals surface area contributed by atoms with E-state index in [0.717, 1.165) is 41.5 Å². The molecule has 0 fully saturated rings. The van der Waals surface area contributed by atoms with Crippen molar-refractivity contribution < 1.29 is 19.0 Å². The number of para-hydroxylation sites is 1. The fourth-order valence-electron chi connectivity index (χ4n) is 3.81. The maximum atomic E-state index is 11.9. The van der Waals surface area contributed by atoms with Gasteiger partial charge in [-0.25, -0.2) is 9.89 Å². The van der Waals surface area contributed by atoms with Gasteiger partial charge in [-0.3, -0.25) is 9.89 Å². The third-order valence-electron chi connectivity index (χ3n) is 5.32. The van der Waals surface area contributed by atoms with Gasteiger partial charge in [0.05, 0.1) is 17.5 Å². The van der Waals surface area contributed by atoms with Gasteiger partial charge < -0.3 is 9.26 Å². The summed E-state index contributed by atoms with van der Waals surface area (Å²) in [6.07, 6.45) is 5.85. The number of amides is 1. The van der Waals surface area contributed by atoms with Crippen LogP contribution in [0.4, 0.5) is 5.82 Å². The van der Waals surface area contributed by atoms with Crippen LogP contribution in [-0.2, 0) is 4.79 Å². The molecule has 4 aromatic rings. The van der Waals surface area contributed by atoms with E-state index in [1.807, 2.05) is 43.3 Å². The van der Waals surface area contributed by atoms with Gasteiger partial charge >= 0.3 is 0 Å². The van der Waals surface area contributed by atoms with Crippen molar-refractivity contribution in [1.82, 2.24) is 25.2 Å². The summed E-state index contributed by atoms with van der Waals surface area (Å²) in [5, 5.41) is 12.2. The molecule has 0 bridgehead atoms. The van der Waals surface area contributed by atoms with Crippen molar-refractivity contribution in [3.63, 3.8) is 0 Å². The summed E-state index contributed by atoms with van der Waals surface area (Å²) < 4.78 is 11.0. The number of aryl methyl sites for hydroxylation is 1. The standard InChI is InChI=1S/C22H20N6O3/c1-14-9-18(27-31-14)22-16-11-23-21(10-17(16)25-26-22)24-12-28(13-29)19-6-4-8-30-20-7-3-2-5-15(19)20/h2-3,5,7,9-13,19H,4,6,8H2,1H3,(H,25,26)/p+1. The number of rotatable bonds is 5. The van der Waals surface area contributed by atoms with Crippen molar-refractivity contribution in [3.8, 4) is 17.1 Å². The number of hydrogen-bond acceptors (Lipinski definition) is 6. The Morgan fingerprint density at radius 1 is 1.29 bits per heavy atom. The van der Waals surface area contributed by atoms with E-state index in [1.165, 1.54) is 0 Å². The molecule has 0 radical (unpaired) electrons. The van der Waals surface area contributed by atoms with E-state index in [2.05, 4.69) is 25.3 Å². The second-order valence-corrected chi connectivity index (χ2v) is 7.38. The summed E-state index contributed by atoms with van der Waals surface area (Å²) >= 11 is 0. The average molecular weight is 417 g/mol. The first-order valence-electron chi connectivity index (χ1n) is 10.0. The summed E-state index contributed by atoms with van der Waals surface area (Å²) in [5.41, 5.74) is 3.13. The van der Waals surface area contributed by atoms with E-state index in [4.69, 9.17) is 9.26 Å². The highest BCUT2D eigenvalue weighted by Crippen LogP contribution is 2.34. The van der Waals surface area contributed by atoms with Gasteiger partial charge in [0.25, 0.3) is 12.2 Å². The molecule has 0 aliphatic carbocycles. The van der Waals surface area contributed by atoms with Crippen LogP contribution in [0.15, 0.2) is 47.1 Å². The van der Waals surface area contributed by atoms with Crippen molar-refractivity contribution in [2.45, 2.75) is 25.8 Å². The van der Waals surface area contributed by atoms with Crippen LogP contribution in [0, 0.1) is 6.92 Å². The van der Waals surface area contributed by atoms with E-state index >= 15 is 0 Å². The molecule has 0 saturated heterocycles. The van der Waals surface area contributed by atoms with Crippen molar-refractivity contribution in [3.05, 3.63) is 53.9 Å². The monoisotopic (exact) mass is 417 g/mol. The highest BCUT2D eigenvalue weighted by atomic mass is 16.5. The van der Waals surface area contributed by atoms with E-state index in [9.17, 15) is 4.79 Å². The van der Waals surface area contributed by atoms with Crippen molar-refractivity contribution in [2.75, 3.05) is 6.61 Å². The summed E-state index contributed by atoms with van der Waals surface area (Å²) in [6, 6.07) is 11.4. The van der Waals surface area contributed by atoms with E-state index in [0.29, 0.717) is 29.6 Å². The minimum atomic E-state index is -0.110. The molecule has 5 rings (SSSR count). The molecule has 4 heterocycles. The quantitative estimate of drug-likeness (QED) is 0.292. The molecule has 0 saturated carbocycles. The summed E-state index contributed by atoms with van der Waals surface area (Å²) in [7, 11) is 0. The fourth-order valence-corrected chi connectivity index (χ4v) is 3.81. The molecule has 3 aromatic heterocycles. The van der Waals surface area contributed by atoms with Gasteiger partial charge in [0, 0.05) is 17.7 Å². The van der Waals surface area contributed by atoms with E-state index in [-0.39, 0.29) is 6.04 Å². The lowest BCUT2D eigenvalue weighted by Gasteiger charge is -2.20. The lowest BCUT2D eigenvalue weighted by Crippen LogP contribution is -2.65. The van der Waals surface area contributed by atoms with Crippen LogP contribution >= 0.6 is 0 Å². The first-order valence-corrected chi connectivity index (χ1v) is 10.0. The highest BCUT2D eigenvalue weighted by Gasteiger charge is 2.27. The van der Waals surface area contributed by atoms with Gasteiger partial charge in [-0.05, 0) is 25.8 Å². The number of aromatic amines is 1. The first kappa shape index (κ1) is 19.0. The normalized spacial score (nSPS) is 16.1. The molecule has 1 amide bonds. The topological polar surface area (TPSA) is 111 Å². The predicted molar refractivity (Wildman–Crippen MR) is 113 cm³/mol. The molecule has 0 spiro atoms. The zero-order valence-electron chi connectivity index (χ0n) is 16.9. The predicted octanol–water partition coefficient (Wildman–Crippen LogP) is 2.03. The van der Waals surface area contributed by atoms with Gasteiger partial charge in [0.15, 0.2) is 6.34 Å². The number of nitrogens with one attached hydrogen (secondary N) is 2. The second-order valence-electron chi connectivity index (χ2n) is 7.38. The number of nitrogens with zero attached hydrogens (tertiary/aromatic N) is 4. The summed E-state index contributed by atoms with van der Waals surface area (Å²) in [5.74, 6) is 2.12. The number of pyridine rings is 1. The Balaban J connectivity index is 1.42. The molecule has 156 valence electrons. The van der Waals surface area contributed by atoms with E-state index < -0.39 is 0 Å². The zero-order valence-corrected chi connectivity index (χ0v) is 16.9. The molecule has 9 nitrogen and oxygen atoms in total. The fraction of sp³-hybridized carbons (Fsp3) is 0.227. The van der Waals surface area contributed by atoms with Gasteiger partial charge in [-0.15, -0.1) is 4.98 Å². The van der Waals surface area contributed by atoms with E-state index in [1.54, 1.807) is 17.4 Å². The number of ether oxygens (including phenoxy) is 1. The van der Waals surface area contributed by atoms with Crippen LogP contribution in [0.2, 0.25) is 0 Å². The molecule has 2 N–H and O–H groups in total. The molecule has 1 aliphatic heterocycles. The highest BCUT2D eigenvalue weighted by molar-refractivity contribution is 5.92. The van der Waals surface area contributed by atoms with Crippen LogP contribution in [0.25, 0.3) is 22.3 Å². The molecule has 1 aromatic carbocycles. The second kappa shape index (κ2) is 8.02. The lowest BCUT2D eigenvalue weighted by atomic mass is 10.0. The van der Waals surface area contributed by atoms with Crippen LogP contribution < -0.4 is 9.73 Å². The Labute approximate surface area is 177 Å². The number of aromatic nitrogens is 4. The van der Waals surface area contributed by atoms with Gasteiger partial charge in [-0.2, -0.15) is 5.10 Å². The third-order valence-corrected chi connectivity index (χ3v) is 5.32. The number of H-pyrrole nitrogens is 1. The molecule has 1 aliphatic rings. The van der Waals surface area contributed by atoms with Crippen molar-refractivity contribution in [2.24, 2.45) is 0 Å². The van der Waals surface area contributed by atoms with Crippen LogP contribution in [0.1, 0.15) is 30.2 Å². The Kier molecular flexibility index (Phi) is 4.91. The van der Waals surface area contributed by atoms with Gasteiger partial charge in [0.2, 0.25) is 0 Å². The molecular formula is C22H21N6O3+. The number of carbonyl (C=O) groups is 1. The Morgan fingerprint density at radius 2 is 2.19 bits per heavy atom. The van der Waals surface area contributed by atoms with Crippen LogP contribution in [-0.4, -0.2) is 44.6 Å². The van der Waals surface area contributed by atoms with Crippen molar-refractivity contribution in [1.29, 1.82) is 0 Å². The first-order chi connectivity index (χ1) is 15.2. The summed E-state index contributed by atoms with van der Waals surface area (Å²) in [4.78, 5) is 21.1. The Morgan fingerprint density at radius 3 is 3.03 bits per heavy atom. The Bertz CT molecular complexity index is 1260. The average Bonchev–Trinajstić information content (AvgIpc) is 3.35. The van der Waals surface area contributed by atoms with Crippen molar-refractivity contribution >= 4 is 29.5 Å². The molecule has 31 heavy (non-hydrogen) atoms. The third kappa shape index (κ3) is 3.65. The smallest absolute Gasteiger partial charge is 0.270 e. The molecular weight excluding hydrogens is 396 g/mol. The number of benzene rings is 1. The zero-order chi connectivity index (χ0) is 21.2. The minimum Gasteiger partial charge on any atom is -0.493 e. The minimum absolute atomic E-state index is 0.110. The maximum Gasteiger partial charge on any atom is 0.270 e. The van der Waals surface area contributed by atoms with Crippen LogP contribution in [0.5, 0.6) is 5.75 Å². The lowest BCUT2D eigenvalue weighted by molar-refractivity contribution is -0.359. The van der Waals surface area contributed by atoms with Gasteiger partial charge in [0.1, 0.15) is 35.1 Å². The number of hydrogen-bond donors (Lipinski definition) is 2. The maximum absolute atomic E-state index is 11.9. The Hall–Kier alpha value is -4.01. The van der Waals surface area contributed by atoms with Crippen LogP contribution in [0.3, 0.4) is 0 Å². The summed E-state index contributed by atoms with van der Waals surface area (Å²) in [6.45, 7) is 2.47. The van der Waals surface area contributed by atoms with Gasteiger partial charge in [-0.1, -0.05) is 23.4 Å². The SMILES string of the molecule is Cc1cc(-c2n[nH]c3cc([NH+]=CN(C=O)C4CCCOc5ccccc54)ncc23)no1. The number of carbonyl (C=O) groups excluding carboxylic acids is 1. The molecule has 1 unspecified atom stereocenters. The number of fused-ring (bicyclic) bond motifs is 2.